The largest absolute Gasteiger partial charge is 0.450 e. The Morgan fingerprint density at radius 2 is 1.64 bits per heavy atom. The molecule has 0 radical (unpaired) electrons. The van der Waals surface area contributed by atoms with Gasteiger partial charge in [-0.2, -0.15) is 0 Å². The first kappa shape index (κ1) is 29.6. The maximum atomic E-state index is 12.4. The molecule has 0 spiro atoms. The second-order valence-corrected chi connectivity index (χ2v) is 16.9. The van der Waals surface area contributed by atoms with Crippen LogP contribution in [0, 0.1) is 52.3 Å². The molecule has 8 heteroatoms. The molecule has 224 valence electrons. The standard InChI is InChI=1S/C31H53NO6S/c1-5-22-26-18-21(33)8-13-31(26,4)25-9-14-30(3)23(6-7-24(30)27(25)28(22)34)19(2)10-15-38-29(35)32-20-11-16-39(36,37)17-12-20/h19-28,33-34H,5-18H2,1-4H3,(H,32,35)/t19-,21-,22-,23-,24+,25+,26+,27?,28-,30?,31-/m1/s1. The minimum atomic E-state index is -2.95. The summed E-state index contributed by atoms with van der Waals surface area (Å²) in [6.07, 6.45) is 9.38. The van der Waals surface area contributed by atoms with Gasteiger partial charge in [-0.05, 0) is 116 Å². The highest BCUT2D eigenvalue weighted by molar-refractivity contribution is 7.91. The molecule has 3 N–H and O–H groups in total. The van der Waals surface area contributed by atoms with E-state index in [9.17, 15) is 23.4 Å². The Bertz CT molecular complexity index is 989. The van der Waals surface area contributed by atoms with Crippen molar-refractivity contribution < 1.29 is 28.2 Å². The number of hydrogen-bond donors (Lipinski definition) is 3. The molecule has 1 heterocycles. The van der Waals surface area contributed by atoms with Gasteiger partial charge in [0.2, 0.25) is 0 Å². The van der Waals surface area contributed by atoms with Crippen molar-refractivity contribution in [3.05, 3.63) is 0 Å². The van der Waals surface area contributed by atoms with E-state index in [2.05, 4.69) is 33.0 Å². The van der Waals surface area contributed by atoms with Crippen molar-refractivity contribution in [2.24, 2.45) is 52.3 Å². The number of carbonyl (C=O) groups excluding carboxylic acids is 1. The Balaban J connectivity index is 1.19. The molecule has 39 heavy (non-hydrogen) atoms. The summed E-state index contributed by atoms with van der Waals surface area (Å²) in [5, 5.41) is 25.2. The van der Waals surface area contributed by atoms with Crippen LogP contribution in [0.25, 0.3) is 0 Å². The predicted molar refractivity (Wildman–Crippen MR) is 152 cm³/mol. The molecule has 1 aliphatic heterocycles. The summed E-state index contributed by atoms with van der Waals surface area (Å²) in [6, 6.07) is -0.120. The molecule has 1 amide bonds. The van der Waals surface area contributed by atoms with E-state index in [4.69, 9.17) is 4.74 Å². The van der Waals surface area contributed by atoms with Crippen molar-refractivity contribution in [1.29, 1.82) is 0 Å². The minimum Gasteiger partial charge on any atom is -0.450 e. The van der Waals surface area contributed by atoms with Crippen LogP contribution in [0.5, 0.6) is 0 Å². The normalized spacial score (nSPS) is 46.4. The van der Waals surface area contributed by atoms with E-state index in [1.807, 2.05) is 0 Å². The third-order valence-electron chi connectivity index (χ3n) is 12.8. The Morgan fingerprint density at radius 3 is 2.33 bits per heavy atom. The van der Waals surface area contributed by atoms with Crippen LogP contribution in [0.3, 0.4) is 0 Å². The lowest BCUT2D eigenvalue weighted by Gasteiger charge is -2.64. The fourth-order valence-corrected chi connectivity index (χ4v) is 12.2. The number of ether oxygens (including phenoxy) is 1. The summed E-state index contributed by atoms with van der Waals surface area (Å²) in [5.41, 5.74) is 0.422. The molecule has 1 saturated heterocycles. The van der Waals surface area contributed by atoms with Crippen molar-refractivity contribution in [3.63, 3.8) is 0 Å². The van der Waals surface area contributed by atoms with Crippen molar-refractivity contribution in [1.82, 2.24) is 5.32 Å². The molecule has 5 aliphatic rings. The Labute approximate surface area is 236 Å². The Hall–Kier alpha value is -0.860. The third-order valence-corrected chi connectivity index (χ3v) is 14.5. The highest BCUT2D eigenvalue weighted by atomic mass is 32.2. The van der Waals surface area contributed by atoms with Gasteiger partial charge in [-0.3, -0.25) is 0 Å². The average molecular weight is 568 g/mol. The molecule has 0 bridgehead atoms. The number of aliphatic hydroxyl groups is 2. The van der Waals surface area contributed by atoms with Gasteiger partial charge in [-0.25, -0.2) is 13.2 Å². The van der Waals surface area contributed by atoms with Gasteiger partial charge in [0.25, 0.3) is 0 Å². The molecule has 0 aromatic heterocycles. The molecule has 4 aliphatic carbocycles. The second kappa shape index (κ2) is 11.1. The number of aliphatic hydroxyl groups excluding tert-OH is 2. The van der Waals surface area contributed by atoms with Gasteiger partial charge in [0.05, 0.1) is 30.3 Å². The first-order valence-corrected chi connectivity index (χ1v) is 17.7. The van der Waals surface area contributed by atoms with Crippen LogP contribution < -0.4 is 5.32 Å². The highest BCUT2D eigenvalue weighted by Gasteiger charge is 2.64. The van der Waals surface area contributed by atoms with E-state index >= 15 is 0 Å². The molecule has 0 aromatic carbocycles. The van der Waals surface area contributed by atoms with E-state index in [0.29, 0.717) is 55.0 Å². The van der Waals surface area contributed by atoms with E-state index in [-0.39, 0.29) is 46.5 Å². The summed E-state index contributed by atoms with van der Waals surface area (Å²) < 4.78 is 28.8. The summed E-state index contributed by atoms with van der Waals surface area (Å²) in [7, 11) is -2.95. The van der Waals surface area contributed by atoms with Crippen LogP contribution in [-0.2, 0) is 14.6 Å². The van der Waals surface area contributed by atoms with Crippen LogP contribution in [0.4, 0.5) is 4.79 Å². The van der Waals surface area contributed by atoms with Crippen LogP contribution in [0.1, 0.15) is 98.3 Å². The first-order chi connectivity index (χ1) is 18.4. The second-order valence-electron chi connectivity index (χ2n) is 14.6. The molecule has 4 saturated carbocycles. The summed E-state index contributed by atoms with van der Waals surface area (Å²) >= 11 is 0. The average Bonchev–Trinajstić information content (AvgIpc) is 3.24. The van der Waals surface area contributed by atoms with Gasteiger partial charge in [-0.1, -0.05) is 34.1 Å². The topological polar surface area (TPSA) is 113 Å². The number of rotatable bonds is 6. The minimum absolute atomic E-state index is 0.120. The zero-order valence-electron chi connectivity index (χ0n) is 24.6. The van der Waals surface area contributed by atoms with Crippen LogP contribution >= 0.6 is 0 Å². The van der Waals surface area contributed by atoms with Crippen LogP contribution in [0.2, 0.25) is 0 Å². The monoisotopic (exact) mass is 567 g/mol. The van der Waals surface area contributed by atoms with E-state index in [0.717, 1.165) is 32.1 Å². The quantitative estimate of drug-likeness (QED) is 0.419. The van der Waals surface area contributed by atoms with Gasteiger partial charge in [0.1, 0.15) is 9.84 Å². The molecular formula is C31H53NO6S. The number of hydrogen-bond acceptors (Lipinski definition) is 6. The first-order valence-electron chi connectivity index (χ1n) is 15.9. The zero-order chi connectivity index (χ0) is 28.2. The third kappa shape index (κ3) is 5.40. The summed E-state index contributed by atoms with van der Waals surface area (Å²) in [6.45, 7) is 9.89. The van der Waals surface area contributed by atoms with Gasteiger partial charge in [0, 0.05) is 6.04 Å². The fraction of sp³-hybridized carbons (Fsp3) is 0.968. The van der Waals surface area contributed by atoms with Gasteiger partial charge in [-0.15, -0.1) is 0 Å². The molecule has 5 rings (SSSR count). The Kier molecular flexibility index (Phi) is 8.42. The van der Waals surface area contributed by atoms with Crippen molar-refractivity contribution in [2.45, 2.75) is 117 Å². The van der Waals surface area contributed by atoms with Gasteiger partial charge in [0.15, 0.2) is 0 Å². The number of carbonyl (C=O) groups is 1. The fourth-order valence-electron chi connectivity index (χ4n) is 10.7. The number of amides is 1. The molecule has 11 atom stereocenters. The smallest absolute Gasteiger partial charge is 0.407 e. The number of alkyl carbamates (subject to hydrolysis) is 1. The lowest BCUT2D eigenvalue weighted by Crippen LogP contribution is -2.62. The van der Waals surface area contributed by atoms with E-state index in [1.54, 1.807) is 0 Å². The maximum absolute atomic E-state index is 12.4. The number of sulfone groups is 1. The molecule has 0 aromatic rings. The van der Waals surface area contributed by atoms with Crippen molar-refractivity contribution in [3.8, 4) is 0 Å². The maximum Gasteiger partial charge on any atom is 0.407 e. The molecule has 2 unspecified atom stereocenters. The van der Waals surface area contributed by atoms with Crippen molar-refractivity contribution >= 4 is 15.9 Å². The van der Waals surface area contributed by atoms with Crippen LogP contribution in [0.15, 0.2) is 0 Å². The van der Waals surface area contributed by atoms with Gasteiger partial charge >= 0.3 is 6.09 Å². The number of nitrogens with one attached hydrogen (secondary N) is 1. The van der Waals surface area contributed by atoms with Crippen LogP contribution in [-0.4, -0.2) is 61.1 Å². The predicted octanol–water partition coefficient (Wildman–Crippen LogP) is 4.94. The van der Waals surface area contributed by atoms with E-state index < -0.39 is 15.9 Å². The SMILES string of the molecule is CC[C@H]1[C@@H](O)C2[C@@H]3CC[C@H]([C@H](C)CCOC(=O)NC4CCS(=O)(=O)CC4)C3(C)CC[C@@H]2[C@@]2(C)CC[C@@H](O)C[C@@H]12. The molecular weight excluding hydrogens is 514 g/mol. The van der Waals surface area contributed by atoms with E-state index in [1.165, 1.54) is 25.7 Å². The molecule has 5 fully saturated rings. The van der Waals surface area contributed by atoms with Gasteiger partial charge < -0.3 is 20.3 Å². The zero-order valence-corrected chi connectivity index (χ0v) is 25.4. The number of fused-ring (bicyclic) bond motifs is 5. The summed E-state index contributed by atoms with van der Waals surface area (Å²) in [5.74, 6) is 3.38. The summed E-state index contributed by atoms with van der Waals surface area (Å²) in [4.78, 5) is 12.4. The van der Waals surface area contributed by atoms with Crippen molar-refractivity contribution in [2.75, 3.05) is 18.1 Å². The highest BCUT2D eigenvalue weighted by Crippen LogP contribution is 2.69. The lowest BCUT2D eigenvalue weighted by molar-refractivity contribution is -0.203. The lowest BCUT2D eigenvalue weighted by atomic mass is 9.41. The molecule has 7 nitrogen and oxygen atoms in total. The Morgan fingerprint density at radius 1 is 0.974 bits per heavy atom.